The lowest BCUT2D eigenvalue weighted by Gasteiger charge is -2.42. The maximum absolute atomic E-state index is 6.03. The van der Waals surface area contributed by atoms with Gasteiger partial charge >= 0.3 is 0 Å². The molecule has 1 heterocycles. The largest absolute Gasteiger partial charge is 0.385 e. The van der Waals surface area contributed by atoms with Crippen LogP contribution in [0.15, 0.2) is 33.8 Å². The van der Waals surface area contributed by atoms with Gasteiger partial charge in [0.15, 0.2) is 5.96 Å². The summed E-state index contributed by atoms with van der Waals surface area (Å²) in [6, 6.07) is 7.38. The zero-order chi connectivity index (χ0) is 19.8. The standard InChI is InChI=1S/C20H28ClN5O2.HI/c1-3-22-19(24-14-20(8-5-9-20)10-11-27-2)23-13-17-25-18(26-28-17)15-6-4-7-16(21)12-15;/h4,6-7,12H,3,5,8-11,13-14H2,1-2H3,(H2,22,23,24);1H. The molecular weight excluding hydrogens is 505 g/mol. The Balaban J connectivity index is 0.00000300. The number of rotatable bonds is 9. The van der Waals surface area contributed by atoms with Gasteiger partial charge in [0, 0.05) is 37.4 Å². The van der Waals surface area contributed by atoms with E-state index in [1.165, 1.54) is 19.3 Å². The maximum atomic E-state index is 6.03. The molecule has 1 aliphatic carbocycles. The van der Waals surface area contributed by atoms with Crippen LogP contribution in [0.3, 0.4) is 0 Å². The van der Waals surface area contributed by atoms with Gasteiger partial charge in [0.25, 0.3) is 0 Å². The number of nitrogens with one attached hydrogen (secondary N) is 2. The number of hydrogen-bond donors (Lipinski definition) is 2. The van der Waals surface area contributed by atoms with Crippen LogP contribution in [-0.4, -0.2) is 42.9 Å². The Labute approximate surface area is 194 Å². The van der Waals surface area contributed by atoms with Crippen molar-refractivity contribution in [2.24, 2.45) is 10.4 Å². The molecule has 0 atom stereocenters. The fourth-order valence-electron chi connectivity index (χ4n) is 3.33. The van der Waals surface area contributed by atoms with Gasteiger partial charge in [0.05, 0.1) is 0 Å². The van der Waals surface area contributed by atoms with E-state index in [1.807, 2.05) is 31.2 Å². The van der Waals surface area contributed by atoms with Gasteiger partial charge in [-0.3, -0.25) is 0 Å². The lowest BCUT2D eigenvalue weighted by atomic mass is 9.67. The van der Waals surface area contributed by atoms with Crippen molar-refractivity contribution in [3.05, 3.63) is 35.2 Å². The molecule has 2 aromatic rings. The number of ether oxygens (including phenoxy) is 1. The number of methoxy groups -OCH3 is 1. The van der Waals surface area contributed by atoms with E-state index in [4.69, 9.17) is 20.9 Å². The Morgan fingerprint density at radius 3 is 2.83 bits per heavy atom. The van der Waals surface area contributed by atoms with Crippen molar-refractivity contribution in [1.82, 2.24) is 20.8 Å². The summed E-state index contributed by atoms with van der Waals surface area (Å²) in [5, 5.41) is 11.4. The van der Waals surface area contributed by atoms with E-state index >= 15 is 0 Å². The lowest BCUT2D eigenvalue weighted by Crippen LogP contribution is -2.46. The van der Waals surface area contributed by atoms with E-state index < -0.39 is 0 Å². The maximum Gasteiger partial charge on any atom is 0.248 e. The van der Waals surface area contributed by atoms with Crippen molar-refractivity contribution in [3.63, 3.8) is 0 Å². The number of nitrogens with zero attached hydrogens (tertiary/aromatic N) is 3. The number of guanidine groups is 1. The van der Waals surface area contributed by atoms with E-state index in [-0.39, 0.29) is 24.0 Å². The van der Waals surface area contributed by atoms with Crippen LogP contribution in [0.5, 0.6) is 0 Å². The van der Waals surface area contributed by atoms with Crippen molar-refractivity contribution in [3.8, 4) is 11.4 Å². The van der Waals surface area contributed by atoms with Gasteiger partial charge < -0.3 is 19.9 Å². The highest BCUT2D eigenvalue weighted by molar-refractivity contribution is 14.0. The van der Waals surface area contributed by atoms with E-state index in [1.54, 1.807) is 7.11 Å². The molecule has 1 aromatic heterocycles. The zero-order valence-electron chi connectivity index (χ0n) is 16.9. The second-order valence-electron chi connectivity index (χ2n) is 7.17. The monoisotopic (exact) mass is 533 g/mol. The summed E-state index contributed by atoms with van der Waals surface area (Å²) >= 11 is 6.03. The number of halogens is 2. The Morgan fingerprint density at radius 1 is 1.34 bits per heavy atom. The molecule has 2 N–H and O–H groups in total. The summed E-state index contributed by atoms with van der Waals surface area (Å²) in [5.41, 5.74) is 1.14. The summed E-state index contributed by atoms with van der Waals surface area (Å²) in [5.74, 6) is 1.73. The summed E-state index contributed by atoms with van der Waals surface area (Å²) in [4.78, 5) is 9.01. The molecule has 1 aliphatic rings. The van der Waals surface area contributed by atoms with Crippen molar-refractivity contribution < 1.29 is 9.26 Å². The second kappa shape index (κ2) is 11.7. The van der Waals surface area contributed by atoms with Gasteiger partial charge in [-0.25, -0.2) is 4.99 Å². The van der Waals surface area contributed by atoms with Crippen molar-refractivity contribution in [2.75, 3.05) is 26.8 Å². The van der Waals surface area contributed by atoms with Gasteiger partial charge in [-0.1, -0.05) is 35.3 Å². The molecule has 9 heteroatoms. The first-order chi connectivity index (χ1) is 13.6. The molecular formula is C20H29ClIN5O2. The van der Waals surface area contributed by atoms with Crippen molar-refractivity contribution in [2.45, 2.75) is 39.2 Å². The molecule has 1 saturated carbocycles. The van der Waals surface area contributed by atoms with E-state index in [0.717, 1.165) is 37.6 Å². The Bertz CT molecular complexity index is 795. The minimum Gasteiger partial charge on any atom is -0.385 e. The van der Waals surface area contributed by atoms with Crippen LogP contribution in [0.4, 0.5) is 0 Å². The van der Waals surface area contributed by atoms with Crippen LogP contribution < -0.4 is 10.6 Å². The third kappa shape index (κ3) is 6.82. The Morgan fingerprint density at radius 2 is 2.17 bits per heavy atom. The lowest BCUT2D eigenvalue weighted by molar-refractivity contribution is 0.0732. The molecule has 7 nitrogen and oxygen atoms in total. The minimum absolute atomic E-state index is 0. The average molecular weight is 534 g/mol. The average Bonchev–Trinajstić information content (AvgIpc) is 3.14. The van der Waals surface area contributed by atoms with Gasteiger partial charge in [-0.2, -0.15) is 4.98 Å². The van der Waals surface area contributed by atoms with Crippen molar-refractivity contribution in [1.29, 1.82) is 0 Å². The zero-order valence-corrected chi connectivity index (χ0v) is 20.0. The summed E-state index contributed by atoms with van der Waals surface area (Å²) < 4.78 is 10.6. The van der Waals surface area contributed by atoms with Gasteiger partial charge in [-0.05, 0) is 43.7 Å². The third-order valence-corrected chi connectivity index (χ3v) is 5.38. The van der Waals surface area contributed by atoms with Gasteiger partial charge in [0.2, 0.25) is 11.7 Å². The fraction of sp³-hybridized carbons (Fsp3) is 0.550. The first kappa shape index (κ1) is 23.9. The Hall–Kier alpha value is -1.39. The predicted molar refractivity (Wildman–Crippen MR) is 126 cm³/mol. The minimum atomic E-state index is 0. The molecule has 3 rings (SSSR count). The summed E-state index contributed by atoms with van der Waals surface area (Å²) in [6.07, 6.45) is 4.82. The van der Waals surface area contributed by atoms with Gasteiger partial charge in [-0.15, -0.1) is 24.0 Å². The van der Waals surface area contributed by atoms with E-state index in [9.17, 15) is 0 Å². The normalized spacial score (nSPS) is 15.3. The molecule has 1 aromatic carbocycles. The molecule has 0 spiro atoms. The molecule has 0 bridgehead atoms. The molecule has 160 valence electrons. The number of hydrogen-bond acceptors (Lipinski definition) is 5. The smallest absolute Gasteiger partial charge is 0.248 e. The molecule has 0 amide bonds. The van der Waals surface area contributed by atoms with Crippen LogP contribution in [0.1, 0.15) is 38.5 Å². The molecule has 29 heavy (non-hydrogen) atoms. The third-order valence-electron chi connectivity index (χ3n) is 5.15. The molecule has 0 radical (unpaired) electrons. The predicted octanol–water partition coefficient (Wildman–Crippen LogP) is 4.27. The topological polar surface area (TPSA) is 84.6 Å². The van der Waals surface area contributed by atoms with Crippen LogP contribution in [0.25, 0.3) is 11.4 Å². The van der Waals surface area contributed by atoms with E-state index in [0.29, 0.717) is 28.7 Å². The highest BCUT2D eigenvalue weighted by atomic mass is 127. The Kier molecular flexibility index (Phi) is 9.64. The first-order valence-electron chi connectivity index (χ1n) is 9.74. The van der Waals surface area contributed by atoms with Crippen LogP contribution in [0.2, 0.25) is 5.02 Å². The highest BCUT2D eigenvalue weighted by Crippen LogP contribution is 2.43. The van der Waals surface area contributed by atoms with Gasteiger partial charge in [0.1, 0.15) is 6.54 Å². The quantitative estimate of drug-likeness (QED) is 0.285. The second-order valence-corrected chi connectivity index (χ2v) is 7.60. The number of benzene rings is 1. The summed E-state index contributed by atoms with van der Waals surface area (Å²) in [7, 11) is 1.76. The molecule has 0 saturated heterocycles. The highest BCUT2D eigenvalue weighted by Gasteiger charge is 2.36. The van der Waals surface area contributed by atoms with E-state index in [2.05, 4.69) is 25.8 Å². The van der Waals surface area contributed by atoms with Crippen LogP contribution in [0, 0.1) is 5.41 Å². The summed E-state index contributed by atoms with van der Waals surface area (Å²) in [6.45, 7) is 4.83. The SMILES string of the molecule is CCNC(=NCc1nc(-c2cccc(Cl)c2)no1)NCC1(CCOC)CCC1.I. The van der Waals surface area contributed by atoms with Crippen LogP contribution >= 0.6 is 35.6 Å². The van der Waals surface area contributed by atoms with Crippen LogP contribution in [-0.2, 0) is 11.3 Å². The number of aliphatic imine (C=N–C) groups is 1. The molecule has 0 aliphatic heterocycles. The number of aromatic nitrogens is 2. The first-order valence-corrected chi connectivity index (χ1v) is 10.1. The molecule has 0 unspecified atom stereocenters. The molecule has 1 fully saturated rings. The van der Waals surface area contributed by atoms with Crippen molar-refractivity contribution >= 4 is 41.5 Å². The fourth-order valence-corrected chi connectivity index (χ4v) is 3.52.